The molecule has 1 amide bonds. The van der Waals surface area contributed by atoms with Crippen LogP contribution in [0, 0.1) is 13.8 Å². The fourth-order valence-corrected chi connectivity index (χ4v) is 3.33. The molecule has 8 nitrogen and oxygen atoms in total. The lowest BCUT2D eigenvalue weighted by atomic mass is 10.2. The molecule has 0 aliphatic heterocycles. The van der Waals surface area contributed by atoms with Crippen molar-refractivity contribution in [3.8, 4) is 11.5 Å². The van der Waals surface area contributed by atoms with E-state index in [0.717, 1.165) is 11.1 Å². The second-order valence-electron chi connectivity index (χ2n) is 6.93. The summed E-state index contributed by atoms with van der Waals surface area (Å²) < 4.78 is 7.16. The molecule has 0 saturated heterocycles. The number of anilines is 2. The van der Waals surface area contributed by atoms with Crippen LogP contribution in [0.25, 0.3) is 11.5 Å². The average Bonchev–Trinajstić information content (AvgIpc) is 3.28. The van der Waals surface area contributed by atoms with Crippen molar-refractivity contribution in [3.63, 3.8) is 0 Å². The van der Waals surface area contributed by atoms with Crippen molar-refractivity contribution in [2.75, 3.05) is 11.1 Å². The van der Waals surface area contributed by atoms with Gasteiger partial charge >= 0.3 is 0 Å². The van der Waals surface area contributed by atoms with E-state index in [0.29, 0.717) is 33.1 Å². The Morgan fingerprint density at radius 1 is 1.16 bits per heavy atom. The molecule has 10 heteroatoms. The van der Waals surface area contributed by atoms with E-state index in [2.05, 4.69) is 20.6 Å². The van der Waals surface area contributed by atoms with Crippen LogP contribution in [-0.2, 0) is 6.54 Å². The number of rotatable bonds is 5. The number of hydrogen-bond acceptors (Lipinski definition) is 6. The number of nitrogen functional groups attached to an aromatic ring is 1. The zero-order chi connectivity index (χ0) is 22.1. The molecule has 2 aromatic carbocycles. The maximum atomic E-state index is 12.7. The summed E-state index contributed by atoms with van der Waals surface area (Å²) in [5.41, 5.74) is 8.95. The van der Waals surface area contributed by atoms with Gasteiger partial charge in [-0.25, -0.2) is 9.67 Å². The molecule has 0 bridgehead atoms. The average molecular weight is 457 g/mol. The monoisotopic (exact) mass is 456 g/mol. The lowest BCUT2D eigenvalue weighted by Gasteiger charge is -2.08. The molecule has 0 atom stereocenters. The zero-order valence-electron chi connectivity index (χ0n) is 16.7. The Bertz CT molecular complexity index is 1280. The highest BCUT2D eigenvalue weighted by molar-refractivity contribution is 6.31. The number of carbonyl (C=O) groups excluding carboxylic acids is 1. The Labute approximate surface area is 188 Å². The van der Waals surface area contributed by atoms with E-state index in [-0.39, 0.29) is 18.1 Å². The van der Waals surface area contributed by atoms with Gasteiger partial charge in [0.15, 0.2) is 11.5 Å². The van der Waals surface area contributed by atoms with Gasteiger partial charge in [0.25, 0.3) is 5.91 Å². The van der Waals surface area contributed by atoms with E-state index in [1.165, 1.54) is 4.68 Å². The van der Waals surface area contributed by atoms with Gasteiger partial charge in [-0.1, -0.05) is 40.5 Å². The summed E-state index contributed by atoms with van der Waals surface area (Å²) >= 11 is 12.1. The standard InChI is InChI=1S/C21H18Cl2N6O2/c1-11-6-7-15(23)9-16(11)25-20(30)18-19(24)29(28-27-18)10-17-12(2)31-21(26-17)13-4-3-5-14(22)8-13/h3-9H,10,24H2,1-2H3,(H,25,30). The van der Waals surface area contributed by atoms with Crippen molar-refractivity contribution >= 4 is 40.6 Å². The molecule has 31 heavy (non-hydrogen) atoms. The van der Waals surface area contributed by atoms with Gasteiger partial charge < -0.3 is 15.5 Å². The first kappa shape index (κ1) is 20.9. The van der Waals surface area contributed by atoms with Crippen molar-refractivity contribution in [2.24, 2.45) is 0 Å². The van der Waals surface area contributed by atoms with E-state index >= 15 is 0 Å². The van der Waals surface area contributed by atoms with Crippen LogP contribution >= 0.6 is 23.2 Å². The highest BCUT2D eigenvalue weighted by Crippen LogP contribution is 2.25. The molecular weight excluding hydrogens is 439 g/mol. The summed E-state index contributed by atoms with van der Waals surface area (Å²) in [7, 11) is 0. The number of nitrogens with zero attached hydrogens (tertiary/aromatic N) is 4. The van der Waals surface area contributed by atoms with Crippen LogP contribution in [0.3, 0.4) is 0 Å². The molecule has 2 heterocycles. The highest BCUT2D eigenvalue weighted by Gasteiger charge is 2.20. The molecule has 4 rings (SSSR count). The Morgan fingerprint density at radius 3 is 2.71 bits per heavy atom. The fraction of sp³-hybridized carbons (Fsp3) is 0.143. The van der Waals surface area contributed by atoms with Gasteiger partial charge in [-0.3, -0.25) is 4.79 Å². The van der Waals surface area contributed by atoms with Gasteiger partial charge in [-0.05, 0) is 49.7 Å². The van der Waals surface area contributed by atoms with Crippen molar-refractivity contribution < 1.29 is 9.21 Å². The number of benzene rings is 2. The van der Waals surface area contributed by atoms with Crippen LogP contribution in [0.15, 0.2) is 46.9 Å². The second kappa shape index (κ2) is 8.41. The molecule has 158 valence electrons. The van der Waals surface area contributed by atoms with E-state index in [1.807, 2.05) is 25.1 Å². The quantitative estimate of drug-likeness (QED) is 0.448. The third-order valence-electron chi connectivity index (χ3n) is 4.70. The molecule has 0 saturated carbocycles. The number of nitrogens with two attached hydrogens (primary N) is 1. The third-order valence-corrected chi connectivity index (χ3v) is 5.17. The highest BCUT2D eigenvalue weighted by atomic mass is 35.5. The predicted molar refractivity (Wildman–Crippen MR) is 119 cm³/mol. The summed E-state index contributed by atoms with van der Waals surface area (Å²) in [6.07, 6.45) is 0. The van der Waals surface area contributed by atoms with Gasteiger partial charge in [0.05, 0.1) is 6.54 Å². The fourth-order valence-electron chi connectivity index (χ4n) is 2.97. The maximum Gasteiger partial charge on any atom is 0.280 e. The molecule has 0 aliphatic rings. The molecule has 0 radical (unpaired) electrons. The topological polar surface area (TPSA) is 112 Å². The molecule has 2 aromatic heterocycles. The number of aromatic nitrogens is 4. The molecule has 4 aromatic rings. The van der Waals surface area contributed by atoms with E-state index in [1.54, 1.807) is 31.2 Å². The number of nitrogens with one attached hydrogen (secondary N) is 1. The van der Waals surface area contributed by atoms with E-state index < -0.39 is 5.91 Å². The van der Waals surface area contributed by atoms with Crippen LogP contribution in [0.5, 0.6) is 0 Å². The maximum absolute atomic E-state index is 12.7. The summed E-state index contributed by atoms with van der Waals surface area (Å²) in [4.78, 5) is 17.2. The minimum Gasteiger partial charge on any atom is -0.441 e. The normalized spacial score (nSPS) is 11.0. The van der Waals surface area contributed by atoms with Crippen molar-refractivity contribution in [3.05, 3.63) is 75.2 Å². The summed E-state index contributed by atoms with van der Waals surface area (Å²) in [5, 5.41) is 11.8. The van der Waals surface area contributed by atoms with Crippen LogP contribution in [0.4, 0.5) is 11.5 Å². The molecule has 0 aliphatic carbocycles. The first-order chi connectivity index (χ1) is 14.8. The molecular formula is C21H18Cl2N6O2. The van der Waals surface area contributed by atoms with Gasteiger partial charge in [-0.15, -0.1) is 5.10 Å². The number of amides is 1. The number of hydrogen-bond donors (Lipinski definition) is 2. The molecule has 3 N–H and O–H groups in total. The van der Waals surface area contributed by atoms with Gasteiger partial charge in [0, 0.05) is 21.3 Å². The first-order valence-corrected chi connectivity index (χ1v) is 10.1. The molecule has 0 unspecified atom stereocenters. The smallest absolute Gasteiger partial charge is 0.280 e. The van der Waals surface area contributed by atoms with Crippen LogP contribution < -0.4 is 11.1 Å². The van der Waals surface area contributed by atoms with Gasteiger partial charge in [0.2, 0.25) is 5.89 Å². The first-order valence-electron chi connectivity index (χ1n) is 9.30. The number of carbonyl (C=O) groups is 1. The Morgan fingerprint density at radius 2 is 1.94 bits per heavy atom. The minimum absolute atomic E-state index is 0.00980. The number of oxazole rings is 1. The van der Waals surface area contributed by atoms with Crippen molar-refractivity contribution in [1.29, 1.82) is 0 Å². The van der Waals surface area contributed by atoms with Gasteiger partial charge in [-0.2, -0.15) is 0 Å². The molecule has 0 fully saturated rings. The third kappa shape index (κ3) is 4.40. The van der Waals surface area contributed by atoms with Crippen LogP contribution in [0.1, 0.15) is 27.5 Å². The van der Waals surface area contributed by atoms with E-state index in [9.17, 15) is 4.79 Å². The van der Waals surface area contributed by atoms with Crippen LogP contribution in [-0.4, -0.2) is 25.9 Å². The summed E-state index contributed by atoms with van der Waals surface area (Å²) in [5.74, 6) is 0.669. The summed E-state index contributed by atoms with van der Waals surface area (Å²) in [6.45, 7) is 3.84. The SMILES string of the molecule is Cc1ccc(Cl)cc1NC(=O)c1nnn(Cc2nc(-c3cccc(Cl)c3)oc2C)c1N. The van der Waals surface area contributed by atoms with Crippen molar-refractivity contribution in [2.45, 2.75) is 20.4 Å². The van der Waals surface area contributed by atoms with Gasteiger partial charge in [0.1, 0.15) is 11.5 Å². The Kier molecular flexibility index (Phi) is 5.67. The van der Waals surface area contributed by atoms with Crippen LogP contribution in [0.2, 0.25) is 10.0 Å². The van der Waals surface area contributed by atoms with Crippen molar-refractivity contribution in [1.82, 2.24) is 20.0 Å². The molecule has 0 spiro atoms. The van der Waals surface area contributed by atoms with E-state index in [4.69, 9.17) is 33.4 Å². The predicted octanol–water partition coefficient (Wildman–Crippen LogP) is 4.74. The largest absolute Gasteiger partial charge is 0.441 e. The number of halogens is 2. The summed E-state index contributed by atoms with van der Waals surface area (Å²) in [6, 6.07) is 12.4. The minimum atomic E-state index is -0.481. The second-order valence-corrected chi connectivity index (χ2v) is 7.80. The Balaban J connectivity index is 1.55. The number of aryl methyl sites for hydroxylation is 2. The Hall–Kier alpha value is -3.36. The lowest BCUT2D eigenvalue weighted by Crippen LogP contribution is -2.16. The lowest BCUT2D eigenvalue weighted by molar-refractivity contribution is 0.102. The zero-order valence-corrected chi connectivity index (χ0v) is 18.2.